The van der Waals surface area contributed by atoms with Crippen LogP contribution in [0.15, 0.2) is 42.7 Å². The zero-order chi connectivity index (χ0) is 27.0. The summed E-state index contributed by atoms with van der Waals surface area (Å²) in [5, 5.41) is 3.98. The number of benzene rings is 1. The highest BCUT2D eigenvalue weighted by Crippen LogP contribution is 2.31. The van der Waals surface area contributed by atoms with Crippen molar-refractivity contribution in [1.82, 2.24) is 24.8 Å². The predicted octanol–water partition coefficient (Wildman–Crippen LogP) is 3.96. The van der Waals surface area contributed by atoms with Crippen LogP contribution in [0.1, 0.15) is 46.9 Å². The molecule has 0 radical (unpaired) electrons. The van der Waals surface area contributed by atoms with Crippen molar-refractivity contribution in [2.75, 3.05) is 22.8 Å². The van der Waals surface area contributed by atoms with Gasteiger partial charge in [0.2, 0.25) is 16.0 Å². The van der Waals surface area contributed by atoms with Gasteiger partial charge in [-0.25, -0.2) is 23.4 Å². The van der Waals surface area contributed by atoms with Gasteiger partial charge in [0.05, 0.1) is 11.9 Å². The number of halogens is 1. The van der Waals surface area contributed by atoms with E-state index in [0.29, 0.717) is 29.1 Å². The van der Waals surface area contributed by atoms with Gasteiger partial charge in [-0.2, -0.15) is 0 Å². The lowest BCUT2D eigenvalue weighted by Gasteiger charge is -2.41. The Kier molecular flexibility index (Phi) is 7.26. The maximum Gasteiger partial charge on any atom is 0.254 e. The molecule has 2 aliphatic rings. The molecule has 3 aromatic rings. The van der Waals surface area contributed by atoms with Crippen LogP contribution in [0.4, 0.5) is 17.5 Å². The number of hydrogen-bond donors (Lipinski definition) is 2. The van der Waals surface area contributed by atoms with Gasteiger partial charge in [-0.3, -0.25) is 14.4 Å². The number of carbonyl (C=O) groups excluding carboxylic acids is 1. The van der Waals surface area contributed by atoms with E-state index in [-0.39, 0.29) is 17.8 Å². The van der Waals surface area contributed by atoms with E-state index < -0.39 is 10.0 Å². The Bertz CT molecular complexity index is 1480. The normalized spacial score (nSPS) is 19.7. The molecule has 2 N–H and O–H groups in total. The number of pyridine rings is 1. The van der Waals surface area contributed by atoms with Crippen molar-refractivity contribution in [2.45, 2.75) is 51.9 Å². The van der Waals surface area contributed by atoms with Gasteiger partial charge in [0.25, 0.3) is 5.91 Å². The first-order valence-electron chi connectivity index (χ1n) is 12.4. The summed E-state index contributed by atoms with van der Waals surface area (Å²) < 4.78 is 25.4. The van der Waals surface area contributed by atoms with Gasteiger partial charge >= 0.3 is 0 Å². The molecule has 10 nitrogen and oxygen atoms in total. The second-order valence-corrected chi connectivity index (χ2v) is 12.2. The average Bonchev–Trinajstić information content (AvgIpc) is 3.28. The largest absolute Gasteiger partial charge is 0.336 e. The summed E-state index contributed by atoms with van der Waals surface area (Å²) in [6.45, 7) is 6.18. The minimum Gasteiger partial charge on any atom is -0.336 e. The summed E-state index contributed by atoms with van der Waals surface area (Å²) in [4.78, 5) is 30.8. The Morgan fingerprint density at radius 3 is 2.71 bits per heavy atom. The van der Waals surface area contributed by atoms with Gasteiger partial charge in [-0.05, 0) is 62.6 Å². The number of nitrogens with zero attached hydrogens (tertiary/aromatic N) is 5. The Labute approximate surface area is 227 Å². The zero-order valence-corrected chi connectivity index (χ0v) is 23.1. The van der Waals surface area contributed by atoms with Crippen LogP contribution in [0.2, 0.25) is 5.02 Å². The van der Waals surface area contributed by atoms with Gasteiger partial charge < -0.3 is 10.2 Å². The maximum absolute atomic E-state index is 13.2. The maximum atomic E-state index is 13.2. The third kappa shape index (κ3) is 5.90. The number of sulfonamides is 1. The predicted molar refractivity (Wildman–Crippen MR) is 147 cm³/mol. The first-order chi connectivity index (χ1) is 18.1. The molecule has 200 valence electrons. The zero-order valence-electron chi connectivity index (χ0n) is 21.5. The number of amides is 1. The molecule has 1 saturated heterocycles. The Morgan fingerprint density at radius 2 is 1.97 bits per heavy atom. The molecular weight excluding hydrogens is 526 g/mol. The SMILES string of the molecule is Cc1cc(Cl)ccc1Nc1ncc2c(n1)CN([C@@H]1CCN(C(=O)c3ccnc(NS(C)(=O)=O)c3)[C@H](C)C1)C2. The second kappa shape index (κ2) is 10.5. The molecule has 2 aromatic heterocycles. The van der Waals surface area contributed by atoms with E-state index >= 15 is 0 Å². The number of aromatic nitrogens is 3. The van der Waals surface area contributed by atoms with Crippen molar-refractivity contribution in [1.29, 1.82) is 0 Å². The number of anilines is 3. The van der Waals surface area contributed by atoms with Crippen LogP contribution < -0.4 is 10.0 Å². The van der Waals surface area contributed by atoms with Crippen LogP contribution >= 0.6 is 11.6 Å². The van der Waals surface area contributed by atoms with E-state index in [1.54, 1.807) is 6.07 Å². The smallest absolute Gasteiger partial charge is 0.254 e. The number of likely N-dealkylation sites (tertiary alicyclic amines) is 1. The summed E-state index contributed by atoms with van der Waals surface area (Å²) >= 11 is 6.07. The lowest BCUT2D eigenvalue weighted by Crippen LogP contribution is -2.50. The highest BCUT2D eigenvalue weighted by Gasteiger charge is 2.35. The Morgan fingerprint density at radius 1 is 1.16 bits per heavy atom. The second-order valence-electron chi connectivity index (χ2n) is 9.98. The number of nitrogens with one attached hydrogen (secondary N) is 2. The molecule has 0 spiro atoms. The van der Waals surface area contributed by atoms with E-state index in [4.69, 9.17) is 16.6 Å². The van der Waals surface area contributed by atoms with Gasteiger partial charge in [-0.1, -0.05) is 11.6 Å². The lowest BCUT2D eigenvalue weighted by atomic mass is 9.96. The van der Waals surface area contributed by atoms with Crippen molar-refractivity contribution in [2.24, 2.45) is 0 Å². The topological polar surface area (TPSA) is 120 Å². The Hall–Kier alpha value is -3.28. The van der Waals surface area contributed by atoms with Crippen molar-refractivity contribution in [3.8, 4) is 0 Å². The molecule has 2 atom stereocenters. The summed E-state index contributed by atoms with van der Waals surface area (Å²) in [6.07, 6.45) is 6.06. The van der Waals surface area contributed by atoms with E-state index in [0.717, 1.165) is 54.7 Å². The highest BCUT2D eigenvalue weighted by molar-refractivity contribution is 7.92. The van der Waals surface area contributed by atoms with Crippen molar-refractivity contribution < 1.29 is 13.2 Å². The summed E-state index contributed by atoms with van der Waals surface area (Å²) in [7, 11) is -3.48. The molecule has 1 fully saturated rings. The van der Waals surface area contributed by atoms with Crippen LogP contribution in [0.25, 0.3) is 0 Å². The van der Waals surface area contributed by atoms with Crippen molar-refractivity contribution in [3.05, 3.63) is 70.1 Å². The molecule has 0 aliphatic carbocycles. The molecule has 12 heteroatoms. The molecule has 0 saturated carbocycles. The van der Waals surface area contributed by atoms with Crippen LogP contribution in [0.3, 0.4) is 0 Å². The van der Waals surface area contributed by atoms with Gasteiger partial charge in [0.15, 0.2) is 0 Å². The third-order valence-electron chi connectivity index (χ3n) is 7.04. The molecule has 0 bridgehead atoms. The van der Waals surface area contributed by atoms with E-state index in [9.17, 15) is 13.2 Å². The van der Waals surface area contributed by atoms with Crippen molar-refractivity contribution >= 4 is 45.0 Å². The van der Waals surface area contributed by atoms with Gasteiger partial charge in [0, 0.05) is 65.9 Å². The van der Waals surface area contributed by atoms with Crippen molar-refractivity contribution in [3.63, 3.8) is 0 Å². The minimum atomic E-state index is -3.48. The molecule has 2 aliphatic heterocycles. The first kappa shape index (κ1) is 26.3. The molecule has 38 heavy (non-hydrogen) atoms. The molecule has 5 rings (SSSR count). The molecular formula is C26H30ClN7O3S. The number of carbonyl (C=O) groups is 1. The van der Waals surface area contributed by atoms with E-state index in [1.807, 2.05) is 36.2 Å². The summed E-state index contributed by atoms with van der Waals surface area (Å²) in [5.41, 5.74) is 4.49. The highest BCUT2D eigenvalue weighted by atomic mass is 35.5. The molecule has 1 amide bonds. The van der Waals surface area contributed by atoms with E-state index in [2.05, 4.69) is 31.8 Å². The van der Waals surface area contributed by atoms with Crippen LogP contribution in [0.5, 0.6) is 0 Å². The first-order valence-corrected chi connectivity index (χ1v) is 14.7. The van der Waals surface area contributed by atoms with E-state index in [1.165, 1.54) is 12.3 Å². The summed E-state index contributed by atoms with van der Waals surface area (Å²) in [6, 6.07) is 9.10. The van der Waals surface area contributed by atoms with Gasteiger partial charge in [0.1, 0.15) is 5.82 Å². The molecule has 1 aromatic carbocycles. The minimum absolute atomic E-state index is 0.0284. The number of rotatable bonds is 6. The quantitative estimate of drug-likeness (QED) is 0.469. The third-order valence-corrected chi connectivity index (χ3v) is 7.85. The summed E-state index contributed by atoms with van der Waals surface area (Å²) in [5.74, 6) is 0.572. The fourth-order valence-electron chi connectivity index (χ4n) is 5.14. The number of hydrogen-bond acceptors (Lipinski definition) is 8. The molecule has 0 unspecified atom stereocenters. The monoisotopic (exact) mass is 555 g/mol. The average molecular weight is 556 g/mol. The van der Waals surface area contributed by atoms with Gasteiger partial charge in [-0.15, -0.1) is 0 Å². The standard InChI is InChI=1S/C26H30ClN7O3S/c1-16-10-20(27)4-5-22(16)30-26-29-13-19-14-33(15-23(19)31-26)21-7-9-34(17(2)11-21)25(35)18-6-8-28-24(12-18)32-38(3,36)37/h4-6,8,10,12-13,17,21H,7,9,11,14-15H2,1-3H3,(H,28,32)(H,29,30,31)/t17-,21-/m1/s1. The number of fused-ring (bicyclic) bond motifs is 1. The fraction of sp³-hybridized carbons (Fsp3) is 0.385. The number of piperidine rings is 1. The molecule has 4 heterocycles. The van der Waals surface area contributed by atoms with Crippen LogP contribution in [-0.2, 0) is 23.1 Å². The number of aryl methyl sites for hydroxylation is 1. The Balaban J connectivity index is 1.21. The van der Waals surface area contributed by atoms with Crippen LogP contribution in [-0.4, -0.2) is 64.0 Å². The fourth-order valence-corrected chi connectivity index (χ4v) is 5.86. The van der Waals surface area contributed by atoms with Crippen LogP contribution in [0, 0.1) is 6.92 Å². The lowest BCUT2D eigenvalue weighted by molar-refractivity contribution is 0.0460.